The van der Waals surface area contributed by atoms with E-state index in [1.807, 2.05) is 13.8 Å². The number of nitrogens with zero attached hydrogens (tertiary/aromatic N) is 1. The Bertz CT molecular complexity index is 684. The van der Waals surface area contributed by atoms with Crippen molar-refractivity contribution in [3.8, 4) is 5.75 Å². The van der Waals surface area contributed by atoms with Crippen LogP contribution in [-0.4, -0.2) is 41.2 Å². The molecule has 7 nitrogen and oxygen atoms in total. The molecular formula is C17H20N2O5. The molecule has 128 valence electrons. The summed E-state index contributed by atoms with van der Waals surface area (Å²) in [5, 5.41) is 2.15. The maximum Gasteiger partial charge on any atom is 0.261 e. The van der Waals surface area contributed by atoms with Gasteiger partial charge in [-0.25, -0.2) is 0 Å². The van der Waals surface area contributed by atoms with E-state index in [9.17, 15) is 19.2 Å². The van der Waals surface area contributed by atoms with E-state index in [0.29, 0.717) is 23.3 Å². The van der Waals surface area contributed by atoms with Gasteiger partial charge in [-0.2, -0.15) is 0 Å². The largest absolute Gasteiger partial charge is 0.491 e. The fraction of sp³-hybridized carbons (Fsp3) is 0.412. The first-order valence-corrected chi connectivity index (χ1v) is 7.72. The fourth-order valence-electron chi connectivity index (χ4n) is 2.57. The van der Waals surface area contributed by atoms with Gasteiger partial charge in [0.1, 0.15) is 11.8 Å². The molecule has 1 aliphatic rings. The van der Waals surface area contributed by atoms with Crippen molar-refractivity contribution in [2.45, 2.75) is 45.8 Å². The summed E-state index contributed by atoms with van der Waals surface area (Å²) < 4.78 is 5.57. The first-order chi connectivity index (χ1) is 11.3. The van der Waals surface area contributed by atoms with E-state index in [-0.39, 0.29) is 18.9 Å². The van der Waals surface area contributed by atoms with E-state index in [0.717, 1.165) is 4.90 Å². The third-order valence-electron chi connectivity index (χ3n) is 3.69. The van der Waals surface area contributed by atoms with Crippen LogP contribution in [0.1, 0.15) is 42.6 Å². The van der Waals surface area contributed by atoms with E-state index in [1.165, 1.54) is 0 Å². The van der Waals surface area contributed by atoms with Gasteiger partial charge in [0.25, 0.3) is 5.91 Å². The predicted molar refractivity (Wildman–Crippen MR) is 85.3 cm³/mol. The number of benzene rings is 1. The van der Waals surface area contributed by atoms with Crippen LogP contribution in [0, 0.1) is 6.92 Å². The van der Waals surface area contributed by atoms with Gasteiger partial charge in [0.15, 0.2) is 0 Å². The summed E-state index contributed by atoms with van der Waals surface area (Å²) in [5.74, 6) is -0.990. The number of aryl methyl sites for hydroxylation is 1. The standard InChI is InChI=1S/C17H20N2O5/c1-10(2)24-12-4-5-13(11(3)8-12)17(23)19(9-20)14-6-7-15(21)18-16(14)22/h4-5,8-10,14H,6-7H2,1-3H3,(H,18,21,22). The van der Waals surface area contributed by atoms with Crippen molar-refractivity contribution >= 4 is 24.1 Å². The molecule has 7 heteroatoms. The molecule has 1 aliphatic heterocycles. The number of imide groups is 2. The van der Waals surface area contributed by atoms with Crippen molar-refractivity contribution in [1.29, 1.82) is 0 Å². The van der Waals surface area contributed by atoms with Crippen LogP contribution < -0.4 is 10.1 Å². The number of piperidine rings is 1. The maximum atomic E-state index is 12.6. The molecule has 4 amide bonds. The first kappa shape index (κ1) is 17.7. The molecule has 1 aromatic rings. The van der Waals surface area contributed by atoms with E-state index in [4.69, 9.17) is 4.74 Å². The monoisotopic (exact) mass is 332 g/mol. The number of amides is 4. The molecule has 1 N–H and O–H groups in total. The second-order valence-corrected chi connectivity index (χ2v) is 5.93. The Morgan fingerprint density at radius 3 is 2.62 bits per heavy atom. The van der Waals surface area contributed by atoms with Crippen molar-refractivity contribution in [2.24, 2.45) is 0 Å². The summed E-state index contributed by atoms with van der Waals surface area (Å²) in [7, 11) is 0. The quantitative estimate of drug-likeness (QED) is 0.646. The topological polar surface area (TPSA) is 92.8 Å². The fourth-order valence-corrected chi connectivity index (χ4v) is 2.57. The van der Waals surface area contributed by atoms with Crippen LogP contribution in [0.2, 0.25) is 0 Å². The van der Waals surface area contributed by atoms with Gasteiger partial charge in [-0.15, -0.1) is 0 Å². The summed E-state index contributed by atoms with van der Waals surface area (Å²) in [6, 6.07) is 3.95. The summed E-state index contributed by atoms with van der Waals surface area (Å²) in [5.41, 5.74) is 0.945. The van der Waals surface area contributed by atoms with Gasteiger partial charge in [0.05, 0.1) is 6.10 Å². The zero-order valence-electron chi connectivity index (χ0n) is 13.9. The van der Waals surface area contributed by atoms with Gasteiger partial charge >= 0.3 is 0 Å². The maximum absolute atomic E-state index is 12.6. The van der Waals surface area contributed by atoms with Gasteiger partial charge in [0.2, 0.25) is 18.2 Å². The van der Waals surface area contributed by atoms with Crippen LogP contribution in [0.15, 0.2) is 18.2 Å². The molecule has 0 radical (unpaired) electrons. The molecule has 1 saturated heterocycles. The highest BCUT2D eigenvalue weighted by atomic mass is 16.5. The molecule has 0 aliphatic carbocycles. The van der Waals surface area contributed by atoms with E-state index in [1.54, 1.807) is 25.1 Å². The molecule has 1 aromatic carbocycles. The SMILES string of the molecule is Cc1cc(OC(C)C)ccc1C(=O)N(C=O)C1CCC(=O)NC1=O. The minimum Gasteiger partial charge on any atom is -0.491 e. The van der Waals surface area contributed by atoms with Crippen LogP contribution in [0.3, 0.4) is 0 Å². The van der Waals surface area contributed by atoms with Crippen LogP contribution in [0.25, 0.3) is 0 Å². The lowest BCUT2D eigenvalue weighted by Gasteiger charge is -2.28. The minimum atomic E-state index is -0.973. The molecular weight excluding hydrogens is 312 g/mol. The molecule has 24 heavy (non-hydrogen) atoms. The Labute approximate surface area is 140 Å². The highest BCUT2D eigenvalue weighted by molar-refractivity contribution is 6.07. The van der Waals surface area contributed by atoms with Gasteiger partial charge in [-0.1, -0.05) is 0 Å². The number of ether oxygens (including phenoxy) is 1. The Morgan fingerprint density at radius 2 is 2.08 bits per heavy atom. The van der Waals surface area contributed by atoms with Crippen molar-refractivity contribution < 1.29 is 23.9 Å². The van der Waals surface area contributed by atoms with E-state index in [2.05, 4.69) is 5.32 Å². The molecule has 0 saturated carbocycles. The molecule has 1 atom stereocenters. The van der Waals surface area contributed by atoms with Crippen molar-refractivity contribution in [3.63, 3.8) is 0 Å². The lowest BCUT2D eigenvalue weighted by Crippen LogP contribution is -2.53. The smallest absolute Gasteiger partial charge is 0.261 e. The van der Waals surface area contributed by atoms with Crippen molar-refractivity contribution in [3.05, 3.63) is 29.3 Å². The Balaban J connectivity index is 2.24. The molecule has 1 fully saturated rings. The number of hydrogen-bond donors (Lipinski definition) is 1. The number of rotatable bonds is 5. The summed E-state index contributed by atoms with van der Waals surface area (Å²) >= 11 is 0. The Hall–Kier alpha value is -2.70. The lowest BCUT2D eigenvalue weighted by atomic mass is 10.0. The number of nitrogens with one attached hydrogen (secondary N) is 1. The van der Waals surface area contributed by atoms with E-state index < -0.39 is 23.8 Å². The Kier molecular flexibility index (Phi) is 5.33. The predicted octanol–water partition coefficient (Wildman–Crippen LogP) is 1.19. The zero-order valence-corrected chi connectivity index (χ0v) is 13.9. The molecule has 0 bridgehead atoms. The Morgan fingerprint density at radius 1 is 1.38 bits per heavy atom. The van der Waals surface area contributed by atoms with Gasteiger partial charge in [0, 0.05) is 12.0 Å². The summed E-state index contributed by atoms with van der Waals surface area (Å²) in [4.78, 5) is 48.0. The average molecular weight is 332 g/mol. The molecule has 1 unspecified atom stereocenters. The van der Waals surface area contributed by atoms with E-state index >= 15 is 0 Å². The molecule has 1 heterocycles. The molecule has 2 rings (SSSR count). The highest BCUT2D eigenvalue weighted by Crippen LogP contribution is 2.21. The lowest BCUT2D eigenvalue weighted by molar-refractivity contribution is -0.139. The second-order valence-electron chi connectivity index (χ2n) is 5.93. The van der Waals surface area contributed by atoms with Crippen LogP contribution in [0.5, 0.6) is 5.75 Å². The zero-order chi connectivity index (χ0) is 17.9. The summed E-state index contributed by atoms with van der Waals surface area (Å²) in [6.45, 7) is 5.52. The third kappa shape index (κ3) is 3.79. The van der Waals surface area contributed by atoms with Crippen LogP contribution in [0.4, 0.5) is 0 Å². The van der Waals surface area contributed by atoms with Crippen LogP contribution >= 0.6 is 0 Å². The average Bonchev–Trinajstić information content (AvgIpc) is 2.49. The first-order valence-electron chi connectivity index (χ1n) is 7.72. The number of hydrogen-bond acceptors (Lipinski definition) is 5. The van der Waals surface area contributed by atoms with Gasteiger partial charge < -0.3 is 4.74 Å². The minimum absolute atomic E-state index is 0.000830. The normalized spacial score (nSPS) is 17.4. The highest BCUT2D eigenvalue weighted by Gasteiger charge is 2.35. The van der Waals surface area contributed by atoms with Gasteiger partial charge in [-0.05, 0) is 51.0 Å². The molecule has 0 spiro atoms. The van der Waals surface area contributed by atoms with Gasteiger partial charge in [-0.3, -0.25) is 29.4 Å². The number of carbonyl (C=O) groups excluding carboxylic acids is 4. The summed E-state index contributed by atoms with van der Waals surface area (Å²) in [6.07, 6.45) is 0.554. The van der Waals surface area contributed by atoms with Crippen LogP contribution in [-0.2, 0) is 14.4 Å². The molecule has 0 aromatic heterocycles. The van der Waals surface area contributed by atoms with Crippen molar-refractivity contribution in [1.82, 2.24) is 10.2 Å². The van der Waals surface area contributed by atoms with Crippen molar-refractivity contribution in [2.75, 3.05) is 0 Å². The third-order valence-corrected chi connectivity index (χ3v) is 3.69. The number of carbonyl (C=O) groups is 4. The second kappa shape index (κ2) is 7.25.